The van der Waals surface area contributed by atoms with E-state index < -0.39 is 0 Å². The lowest BCUT2D eigenvalue weighted by Crippen LogP contribution is -2.29. The molecule has 1 heterocycles. The fourth-order valence-electron chi connectivity index (χ4n) is 2.16. The molecule has 88 valence electrons. The maximum atomic E-state index is 6.01. The van der Waals surface area contributed by atoms with Gasteiger partial charge in [-0.15, -0.1) is 0 Å². The topological polar surface area (TPSA) is 60.2 Å². The molecule has 1 aromatic heterocycles. The Kier molecular flexibility index (Phi) is 3.62. The normalized spacial score (nSPS) is 24.4. The molecule has 1 aliphatic rings. The smallest absolute Gasteiger partial charge is 0.137 e. The Hall–Kier alpha value is -1.29. The summed E-state index contributed by atoms with van der Waals surface area (Å²) in [6.45, 7) is 0.917. The van der Waals surface area contributed by atoms with Gasteiger partial charge in [-0.3, -0.25) is 0 Å². The molecule has 1 aliphatic carbocycles. The van der Waals surface area contributed by atoms with Crippen molar-refractivity contribution in [2.24, 2.45) is 11.7 Å². The molecule has 2 atom stereocenters. The molecule has 4 nitrogen and oxygen atoms in total. The highest BCUT2D eigenvalue weighted by Gasteiger charge is 2.23. The molecular formula is C12H19N3O. The molecule has 0 bridgehead atoms. The van der Waals surface area contributed by atoms with Gasteiger partial charge in [-0.2, -0.15) is 0 Å². The van der Waals surface area contributed by atoms with E-state index in [0.717, 1.165) is 24.5 Å². The van der Waals surface area contributed by atoms with E-state index in [9.17, 15) is 0 Å². The van der Waals surface area contributed by atoms with Crippen LogP contribution < -0.4 is 15.8 Å². The Labute approximate surface area is 96.2 Å². The number of ether oxygens (including phenoxy) is 1. The van der Waals surface area contributed by atoms with E-state index in [1.807, 2.05) is 12.1 Å². The maximum Gasteiger partial charge on any atom is 0.137 e. The van der Waals surface area contributed by atoms with Gasteiger partial charge in [-0.05, 0) is 30.9 Å². The second-order valence-corrected chi connectivity index (χ2v) is 4.32. The van der Waals surface area contributed by atoms with Crippen molar-refractivity contribution in [2.75, 3.05) is 19.0 Å². The largest absolute Gasteiger partial charge is 0.495 e. The van der Waals surface area contributed by atoms with E-state index in [1.54, 1.807) is 13.3 Å². The minimum atomic E-state index is 0.353. The Morgan fingerprint density at radius 2 is 2.38 bits per heavy atom. The van der Waals surface area contributed by atoms with Crippen LogP contribution in [0.1, 0.15) is 19.3 Å². The molecule has 1 saturated carbocycles. The molecule has 4 heteroatoms. The Balaban J connectivity index is 1.84. The zero-order valence-corrected chi connectivity index (χ0v) is 9.65. The number of methoxy groups -OCH3 is 1. The molecule has 2 rings (SSSR count). The number of pyridine rings is 1. The third-order valence-electron chi connectivity index (χ3n) is 3.24. The van der Waals surface area contributed by atoms with Crippen molar-refractivity contribution in [1.82, 2.24) is 4.98 Å². The van der Waals surface area contributed by atoms with Crippen LogP contribution in [0, 0.1) is 5.92 Å². The Bertz CT molecular complexity index is 326. The minimum absolute atomic E-state index is 0.353. The summed E-state index contributed by atoms with van der Waals surface area (Å²) in [5.74, 6) is 2.26. The summed E-state index contributed by atoms with van der Waals surface area (Å²) >= 11 is 0. The van der Waals surface area contributed by atoms with E-state index in [0.29, 0.717) is 12.0 Å². The molecule has 1 aromatic rings. The maximum absolute atomic E-state index is 6.01. The third kappa shape index (κ3) is 2.64. The second kappa shape index (κ2) is 5.16. The fourth-order valence-corrected chi connectivity index (χ4v) is 2.16. The lowest BCUT2D eigenvalue weighted by molar-refractivity contribution is 0.413. The van der Waals surface area contributed by atoms with Crippen molar-refractivity contribution in [3.05, 3.63) is 18.3 Å². The fraction of sp³-hybridized carbons (Fsp3) is 0.583. The standard InChI is InChI=1S/C12H19N3O/c1-16-10-5-6-12(15-8-10)14-7-9-3-2-4-11(9)13/h5-6,8-9,11H,2-4,7,13H2,1H3,(H,14,15). The van der Waals surface area contributed by atoms with Gasteiger partial charge in [-0.1, -0.05) is 6.42 Å². The predicted octanol–water partition coefficient (Wildman–Crippen LogP) is 1.63. The molecule has 0 spiro atoms. The van der Waals surface area contributed by atoms with Gasteiger partial charge < -0.3 is 15.8 Å². The molecular weight excluding hydrogens is 202 g/mol. The number of hydrogen-bond donors (Lipinski definition) is 2. The van der Waals surface area contributed by atoms with Gasteiger partial charge in [0.2, 0.25) is 0 Å². The van der Waals surface area contributed by atoms with Gasteiger partial charge in [0.05, 0.1) is 13.3 Å². The molecule has 2 unspecified atom stereocenters. The van der Waals surface area contributed by atoms with Crippen molar-refractivity contribution in [2.45, 2.75) is 25.3 Å². The summed E-state index contributed by atoms with van der Waals surface area (Å²) in [5.41, 5.74) is 6.01. The number of aromatic nitrogens is 1. The zero-order valence-electron chi connectivity index (χ0n) is 9.65. The van der Waals surface area contributed by atoms with E-state index in [2.05, 4.69) is 10.3 Å². The highest BCUT2D eigenvalue weighted by atomic mass is 16.5. The van der Waals surface area contributed by atoms with Gasteiger partial charge in [0, 0.05) is 12.6 Å². The lowest BCUT2D eigenvalue weighted by Gasteiger charge is -2.16. The van der Waals surface area contributed by atoms with Crippen LogP contribution in [-0.2, 0) is 0 Å². The van der Waals surface area contributed by atoms with Crippen molar-refractivity contribution < 1.29 is 4.74 Å². The van der Waals surface area contributed by atoms with Crippen LogP contribution >= 0.6 is 0 Å². The van der Waals surface area contributed by atoms with Crippen LogP contribution in [0.5, 0.6) is 5.75 Å². The summed E-state index contributed by atoms with van der Waals surface area (Å²) in [5, 5.41) is 3.32. The monoisotopic (exact) mass is 221 g/mol. The SMILES string of the molecule is COc1ccc(NCC2CCCC2N)nc1. The van der Waals surface area contributed by atoms with E-state index in [4.69, 9.17) is 10.5 Å². The van der Waals surface area contributed by atoms with Crippen molar-refractivity contribution >= 4 is 5.82 Å². The van der Waals surface area contributed by atoms with Crippen LogP contribution in [0.4, 0.5) is 5.82 Å². The number of nitrogens with one attached hydrogen (secondary N) is 1. The van der Waals surface area contributed by atoms with Crippen molar-refractivity contribution in [1.29, 1.82) is 0 Å². The molecule has 0 aliphatic heterocycles. The first-order valence-electron chi connectivity index (χ1n) is 5.79. The highest BCUT2D eigenvalue weighted by Crippen LogP contribution is 2.24. The molecule has 3 N–H and O–H groups in total. The van der Waals surface area contributed by atoms with Gasteiger partial charge in [0.15, 0.2) is 0 Å². The van der Waals surface area contributed by atoms with E-state index in [-0.39, 0.29) is 0 Å². The zero-order chi connectivity index (χ0) is 11.4. The van der Waals surface area contributed by atoms with Crippen LogP contribution in [0.15, 0.2) is 18.3 Å². The van der Waals surface area contributed by atoms with Gasteiger partial charge in [0.1, 0.15) is 11.6 Å². The van der Waals surface area contributed by atoms with Gasteiger partial charge in [-0.25, -0.2) is 4.98 Å². The number of rotatable bonds is 4. The van der Waals surface area contributed by atoms with Crippen molar-refractivity contribution in [3.63, 3.8) is 0 Å². The highest BCUT2D eigenvalue weighted by molar-refractivity contribution is 5.37. The average Bonchev–Trinajstić information content (AvgIpc) is 2.73. The van der Waals surface area contributed by atoms with Crippen LogP contribution in [0.2, 0.25) is 0 Å². The number of hydrogen-bond acceptors (Lipinski definition) is 4. The average molecular weight is 221 g/mol. The van der Waals surface area contributed by atoms with Gasteiger partial charge in [0.25, 0.3) is 0 Å². The molecule has 0 aromatic carbocycles. The lowest BCUT2D eigenvalue weighted by atomic mass is 10.1. The van der Waals surface area contributed by atoms with E-state index >= 15 is 0 Å². The van der Waals surface area contributed by atoms with Crippen LogP contribution in [-0.4, -0.2) is 24.7 Å². The van der Waals surface area contributed by atoms with Crippen LogP contribution in [0.3, 0.4) is 0 Å². The van der Waals surface area contributed by atoms with Crippen LogP contribution in [0.25, 0.3) is 0 Å². The third-order valence-corrected chi connectivity index (χ3v) is 3.24. The summed E-state index contributed by atoms with van der Waals surface area (Å²) in [6.07, 6.45) is 5.35. The first-order valence-corrected chi connectivity index (χ1v) is 5.79. The first-order chi connectivity index (χ1) is 7.79. The summed E-state index contributed by atoms with van der Waals surface area (Å²) in [4.78, 5) is 4.26. The summed E-state index contributed by atoms with van der Waals surface area (Å²) in [6, 6.07) is 4.19. The van der Waals surface area contributed by atoms with E-state index in [1.165, 1.54) is 12.8 Å². The summed E-state index contributed by atoms with van der Waals surface area (Å²) in [7, 11) is 1.64. The van der Waals surface area contributed by atoms with Crippen molar-refractivity contribution in [3.8, 4) is 5.75 Å². The quantitative estimate of drug-likeness (QED) is 0.811. The number of nitrogens with two attached hydrogens (primary N) is 1. The molecule has 1 fully saturated rings. The Morgan fingerprint density at radius 3 is 2.94 bits per heavy atom. The summed E-state index contributed by atoms with van der Waals surface area (Å²) < 4.78 is 5.05. The molecule has 0 amide bonds. The molecule has 16 heavy (non-hydrogen) atoms. The minimum Gasteiger partial charge on any atom is -0.495 e. The first kappa shape index (κ1) is 11.2. The number of anilines is 1. The Morgan fingerprint density at radius 1 is 1.50 bits per heavy atom. The second-order valence-electron chi connectivity index (χ2n) is 4.32. The molecule has 0 saturated heterocycles. The number of nitrogens with zero attached hydrogens (tertiary/aromatic N) is 1. The predicted molar refractivity (Wildman–Crippen MR) is 64.6 cm³/mol. The molecule has 0 radical (unpaired) electrons. The van der Waals surface area contributed by atoms with Gasteiger partial charge >= 0.3 is 0 Å².